The molecule has 0 radical (unpaired) electrons. The lowest BCUT2D eigenvalue weighted by Crippen LogP contribution is -2.31. The minimum atomic E-state index is -3.36. The maximum Gasteiger partial charge on any atom is 0.265 e. The van der Waals surface area contributed by atoms with Crippen LogP contribution in [0.2, 0.25) is 0 Å². The SMILES string of the molecule is CC(Oc1ccc(N(C)S(C)(=O)=O)cc1)C(=O)Nc1ccccc1C(N)=O. The zero-order valence-corrected chi connectivity index (χ0v) is 16.0. The highest BCUT2D eigenvalue weighted by Crippen LogP contribution is 2.21. The van der Waals surface area contributed by atoms with Crippen molar-refractivity contribution in [1.29, 1.82) is 0 Å². The van der Waals surface area contributed by atoms with Crippen molar-refractivity contribution in [1.82, 2.24) is 0 Å². The minimum absolute atomic E-state index is 0.200. The molecule has 0 saturated carbocycles. The van der Waals surface area contributed by atoms with E-state index in [-0.39, 0.29) is 5.56 Å². The van der Waals surface area contributed by atoms with Crippen LogP contribution in [0.1, 0.15) is 17.3 Å². The van der Waals surface area contributed by atoms with Crippen LogP contribution in [0.25, 0.3) is 0 Å². The molecule has 0 bridgehead atoms. The van der Waals surface area contributed by atoms with E-state index in [1.165, 1.54) is 13.1 Å². The Morgan fingerprint density at radius 3 is 2.26 bits per heavy atom. The first kappa shape index (κ1) is 20.2. The second-order valence-corrected chi connectivity index (χ2v) is 7.90. The molecule has 3 N–H and O–H groups in total. The van der Waals surface area contributed by atoms with Crippen molar-refractivity contribution >= 4 is 33.2 Å². The summed E-state index contributed by atoms with van der Waals surface area (Å²) in [7, 11) is -1.92. The molecule has 8 nitrogen and oxygen atoms in total. The average molecular weight is 391 g/mol. The smallest absolute Gasteiger partial charge is 0.265 e. The summed E-state index contributed by atoms with van der Waals surface area (Å²) in [5.74, 6) is -0.711. The number of nitrogens with one attached hydrogen (secondary N) is 1. The number of anilines is 2. The Balaban J connectivity index is 2.06. The molecule has 0 saturated heterocycles. The highest BCUT2D eigenvalue weighted by atomic mass is 32.2. The molecule has 9 heteroatoms. The highest BCUT2D eigenvalue weighted by Gasteiger charge is 2.18. The standard InChI is InChI=1S/C18H21N3O5S/c1-12(18(23)20-16-7-5-4-6-15(16)17(19)22)26-14-10-8-13(9-11-14)21(2)27(3,24)25/h4-12H,1-3H3,(H2,19,22)(H,20,23). The lowest BCUT2D eigenvalue weighted by atomic mass is 10.1. The third-order valence-corrected chi connectivity index (χ3v) is 5.04. The third kappa shape index (κ3) is 5.20. The molecule has 0 aromatic heterocycles. The summed E-state index contributed by atoms with van der Waals surface area (Å²) in [6.45, 7) is 1.55. The Labute approximate surface area is 158 Å². The number of carbonyl (C=O) groups excluding carboxylic acids is 2. The first-order chi connectivity index (χ1) is 12.6. The summed E-state index contributed by atoms with van der Waals surface area (Å²) in [5, 5.41) is 2.61. The number of benzene rings is 2. The molecule has 2 amide bonds. The van der Waals surface area contributed by atoms with Gasteiger partial charge in [0.1, 0.15) is 5.75 Å². The van der Waals surface area contributed by atoms with E-state index in [4.69, 9.17) is 10.5 Å². The van der Waals surface area contributed by atoms with Gasteiger partial charge in [0.15, 0.2) is 6.10 Å². The number of rotatable bonds is 7. The zero-order valence-electron chi connectivity index (χ0n) is 15.2. The molecule has 27 heavy (non-hydrogen) atoms. The van der Waals surface area contributed by atoms with Crippen molar-refractivity contribution in [3.63, 3.8) is 0 Å². The second kappa shape index (κ2) is 8.09. The molecule has 0 heterocycles. The number of carbonyl (C=O) groups is 2. The number of para-hydroxylation sites is 1. The maximum absolute atomic E-state index is 12.3. The van der Waals surface area contributed by atoms with E-state index in [1.54, 1.807) is 49.4 Å². The van der Waals surface area contributed by atoms with Gasteiger partial charge in [-0.1, -0.05) is 12.1 Å². The number of nitrogens with two attached hydrogens (primary N) is 1. The predicted molar refractivity (Wildman–Crippen MR) is 103 cm³/mol. The summed E-state index contributed by atoms with van der Waals surface area (Å²) in [5.41, 5.74) is 6.26. The summed E-state index contributed by atoms with van der Waals surface area (Å²) in [6.07, 6.45) is 0.248. The first-order valence-corrected chi connectivity index (χ1v) is 9.84. The van der Waals surface area contributed by atoms with Gasteiger partial charge >= 0.3 is 0 Å². The molecular weight excluding hydrogens is 370 g/mol. The summed E-state index contributed by atoms with van der Waals surface area (Å²) in [4.78, 5) is 23.7. The summed E-state index contributed by atoms with van der Waals surface area (Å²) in [6, 6.07) is 12.7. The van der Waals surface area contributed by atoms with Gasteiger partial charge in [0.25, 0.3) is 11.8 Å². The average Bonchev–Trinajstić information content (AvgIpc) is 2.61. The lowest BCUT2D eigenvalue weighted by molar-refractivity contribution is -0.122. The van der Waals surface area contributed by atoms with E-state index in [9.17, 15) is 18.0 Å². The molecule has 2 aromatic rings. The van der Waals surface area contributed by atoms with Crippen molar-refractivity contribution in [2.24, 2.45) is 5.73 Å². The third-order valence-electron chi connectivity index (χ3n) is 3.83. The first-order valence-electron chi connectivity index (χ1n) is 8.00. The lowest BCUT2D eigenvalue weighted by Gasteiger charge is -2.18. The van der Waals surface area contributed by atoms with Gasteiger partial charge in [-0.15, -0.1) is 0 Å². The van der Waals surface area contributed by atoms with Gasteiger partial charge in [-0.2, -0.15) is 0 Å². The van der Waals surface area contributed by atoms with Gasteiger partial charge in [-0.05, 0) is 43.3 Å². The van der Waals surface area contributed by atoms with E-state index >= 15 is 0 Å². The Morgan fingerprint density at radius 1 is 1.11 bits per heavy atom. The zero-order chi connectivity index (χ0) is 20.2. The fourth-order valence-corrected chi connectivity index (χ4v) is 2.73. The number of sulfonamides is 1. The largest absolute Gasteiger partial charge is 0.481 e. The highest BCUT2D eigenvalue weighted by molar-refractivity contribution is 7.92. The van der Waals surface area contributed by atoms with E-state index in [0.29, 0.717) is 17.1 Å². The van der Waals surface area contributed by atoms with Crippen molar-refractivity contribution in [3.05, 3.63) is 54.1 Å². The van der Waals surface area contributed by atoms with Crippen LogP contribution < -0.4 is 20.1 Å². The van der Waals surface area contributed by atoms with Gasteiger partial charge in [0.05, 0.1) is 23.2 Å². The van der Waals surface area contributed by atoms with Crippen LogP contribution in [0, 0.1) is 0 Å². The van der Waals surface area contributed by atoms with Crippen LogP contribution in [0.3, 0.4) is 0 Å². The Bertz CT molecular complexity index is 942. The van der Waals surface area contributed by atoms with Crippen molar-refractivity contribution in [3.8, 4) is 5.75 Å². The molecule has 2 aromatic carbocycles. The molecule has 0 aliphatic heterocycles. The molecule has 0 aliphatic rings. The fraction of sp³-hybridized carbons (Fsp3) is 0.222. The van der Waals surface area contributed by atoms with E-state index in [1.807, 2.05) is 0 Å². The van der Waals surface area contributed by atoms with Crippen LogP contribution >= 0.6 is 0 Å². The van der Waals surface area contributed by atoms with Gasteiger partial charge in [-0.3, -0.25) is 13.9 Å². The number of ether oxygens (including phenoxy) is 1. The number of amides is 2. The molecule has 0 fully saturated rings. The van der Waals surface area contributed by atoms with Crippen molar-refractivity contribution < 1.29 is 22.7 Å². The minimum Gasteiger partial charge on any atom is -0.481 e. The van der Waals surface area contributed by atoms with Crippen molar-refractivity contribution in [2.75, 3.05) is 22.9 Å². The van der Waals surface area contributed by atoms with Gasteiger partial charge in [0.2, 0.25) is 10.0 Å². The monoisotopic (exact) mass is 391 g/mol. The quantitative estimate of drug-likeness (QED) is 0.743. The van der Waals surface area contributed by atoms with Crippen LogP contribution in [-0.4, -0.2) is 39.6 Å². The number of hydrogen-bond donors (Lipinski definition) is 2. The van der Waals surface area contributed by atoms with Crippen LogP contribution in [0.15, 0.2) is 48.5 Å². The molecule has 0 aliphatic carbocycles. The number of hydrogen-bond acceptors (Lipinski definition) is 5. The Hall–Kier alpha value is -3.07. The molecule has 2 rings (SSSR count). The van der Waals surface area contributed by atoms with E-state index < -0.39 is 27.9 Å². The van der Waals surface area contributed by atoms with Gasteiger partial charge in [-0.25, -0.2) is 8.42 Å². The van der Waals surface area contributed by atoms with Gasteiger partial charge < -0.3 is 15.8 Å². The normalized spacial score (nSPS) is 12.1. The molecule has 1 atom stereocenters. The van der Waals surface area contributed by atoms with Crippen LogP contribution in [0.4, 0.5) is 11.4 Å². The molecule has 0 spiro atoms. The van der Waals surface area contributed by atoms with Crippen LogP contribution in [0.5, 0.6) is 5.75 Å². The number of nitrogens with zero attached hydrogens (tertiary/aromatic N) is 1. The number of primary amides is 1. The van der Waals surface area contributed by atoms with E-state index in [0.717, 1.165) is 10.6 Å². The van der Waals surface area contributed by atoms with Crippen LogP contribution in [-0.2, 0) is 14.8 Å². The second-order valence-electron chi connectivity index (χ2n) is 5.88. The van der Waals surface area contributed by atoms with Crippen molar-refractivity contribution in [2.45, 2.75) is 13.0 Å². The Kier molecular flexibility index (Phi) is 6.06. The fourth-order valence-electron chi connectivity index (χ4n) is 2.23. The predicted octanol–water partition coefficient (Wildman–Crippen LogP) is 1.59. The molecule has 1 unspecified atom stereocenters. The van der Waals surface area contributed by atoms with Gasteiger partial charge in [0, 0.05) is 7.05 Å². The van der Waals surface area contributed by atoms with E-state index in [2.05, 4.69) is 5.32 Å². The molecular formula is C18H21N3O5S. The molecule has 144 valence electrons. The Morgan fingerprint density at radius 2 is 1.70 bits per heavy atom. The summed E-state index contributed by atoms with van der Waals surface area (Å²) < 4.78 is 29.8. The topological polar surface area (TPSA) is 119 Å². The maximum atomic E-state index is 12.3. The summed E-state index contributed by atoms with van der Waals surface area (Å²) >= 11 is 0.